The Labute approximate surface area is 193 Å². The number of hydrogen-bond acceptors (Lipinski definition) is 4. The zero-order chi connectivity index (χ0) is 23.0. The summed E-state index contributed by atoms with van der Waals surface area (Å²) in [7, 11) is 0. The van der Waals surface area contributed by atoms with Gasteiger partial charge in [0.2, 0.25) is 0 Å². The van der Waals surface area contributed by atoms with Gasteiger partial charge in [0.25, 0.3) is 0 Å². The molecule has 164 valence electrons. The van der Waals surface area contributed by atoms with E-state index in [-0.39, 0.29) is 0 Å². The first-order chi connectivity index (χ1) is 16.2. The van der Waals surface area contributed by atoms with E-state index in [1.54, 1.807) is 0 Å². The van der Waals surface area contributed by atoms with Crippen LogP contribution < -0.4 is 9.47 Å². The summed E-state index contributed by atoms with van der Waals surface area (Å²) in [6.07, 6.45) is 4.25. The van der Waals surface area contributed by atoms with Gasteiger partial charge in [0.1, 0.15) is 18.5 Å². The van der Waals surface area contributed by atoms with Crippen LogP contribution in [0.15, 0.2) is 79.4 Å². The first kappa shape index (κ1) is 21.9. The van der Waals surface area contributed by atoms with E-state index in [2.05, 4.69) is 22.6 Å². The topological polar surface area (TPSA) is 70.9 Å². The third kappa shape index (κ3) is 5.13. The Morgan fingerprint density at radius 1 is 1.09 bits per heavy atom. The van der Waals surface area contributed by atoms with E-state index >= 15 is 0 Å². The first-order valence-electron chi connectivity index (χ1n) is 10.9. The Balaban J connectivity index is 1.72. The highest BCUT2D eigenvalue weighted by Crippen LogP contribution is 2.35. The van der Waals surface area contributed by atoms with Crippen LogP contribution in [0.5, 0.6) is 11.5 Å². The number of nitrogens with one attached hydrogen (secondary N) is 1. The van der Waals surface area contributed by atoms with Gasteiger partial charge in [0.15, 0.2) is 11.5 Å². The summed E-state index contributed by atoms with van der Waals surface area (Å²) in [5, 5.41) is 9.83. The fourth-order valence-electron chi connectivity index (χ4n) is 3.63. The minimum atomic E-state index is 0.433. The molecule has 1 N–H and O–H groups in total. The van der Waals surface area contributed by atoms with E-state index in [1.807, 2.05) is 85.8 Å². The average molecular weight is 436 g/mol. The molecule has 0 radical (unpaired) electrons. The number of allylic oxidation sites excluding steroid dienone is 2. The van der Waals surface area contributed by atoms with Gasteiger partial charge >= 0.3 is 0 Å². The third-order valence-electron chi connectivity index (χ3n) is 5.12. The Bertz CT molecular complexity index is 1300. The van der Waals surface area contributed by atoms with E-state index < -0.39 is 0 Å². The second-order valence-electron chi connectivity index (χ2n) is 7.48. The van der Waals surface area contributed by atoms with E-state index in [4.69, 9.17) is 9.47 Å². The summed E-state index contributed by atoms with van der Waals surface area (Å²) >= 11 is 0. The second-order valence-corrected chi connectivity index (χ2v) is 7.48. The van der Waals surface area contributed by atoms with Gasteiger partial charge in [-0.05, 0) is 54.8 Å². The van der Waals surface area contributed by atoms with Crippen molar-refractivity contribution < 1.29 is 9.47 Å². The van der Waals surface area contributed by atoms with Gasteiger partial charge < -0.3 is 14.5 Å². The number of aromatic amines is 1. The van der Waals surface area contributed by atoms with Gasteiger partial charge in [-0.3, -0.25) is 0 Å². The van der Waals surface area contributed by atoms with Crippen molar-refractivity contribution >= 4 is 22.7 Å². The quantitative estimate of drug-likeness (QED) is 0.246. The molecule has 0 spiro atoms. The van der Waals surface area contributed by atoms with Crippen LogP contribution in [-0.2, 0) is 13.0 Å². The van der Waals surface area contributed by atoms with Crippen molar-refractivity contribution in [3.8, 4) is 17.6 Å². The van der Waals surface area contributed by atoms with Crippen LogP contribution in [0, 0.1) is 11.3 Å². The van der Waals surface area contributed by atoms with Crippen molar-refractivity contribution in [2.75, 3.05) is 6.61 Å². The van der Waals surface area contributed by atoms with Crippen LogP contribution in [-0.4, -0.2) is 16.6 Å². The van der Waals surface area contributed by atoms with E-state index in [9.17, 15) is 5.26 Å². The molecule has 4 rings (SSSR count). The SMILES string of the molecule is C=CCc1cc(/C=C(\C#N)c2nc3ccccc3[nH]2)cc(OCC)c1OCc1ccccc1. The maximum absolute atomic E-state index is 9.83. The van der Waals surface area contributed by atoms with Gasteiger partial charge in [-0.25, -0.2) is 4.98 Å². The van der Waals surface area contributed by atoms with Crippen molar-refractivity contribution in [3.05, 3.63) is 102 Å². The number of nitriles is 1. The number of aromatic nitrogens is 2. The number of ether oxygens (including phenoxy) is 2. The third-order valence-corrected chi connectivity index (χ3v) is 5.12. The molecule has 33 heavy (non-hydrogen) atoms. The summed E-state index contributed by atoms with van der Waals surface area (Å²) in [6.45, 7) is 6.76. The fourth-order valence-corrected chi connectivity index (χ4v) is 3.63. The van der Waals surface area contributed by atoms with Crippen LogP contribution in [0.3, 0.4) is 0 Å². The highest BCUT2D eigenvalue weighted by molar-refractivity contribution is 5.90. The highest BCUT2D eigenvalue weighted by atomic mass is 16.5. The van der Waals surface area contributed by atoms with Crippen LogP contribution in [0.2, 0.25) is 0 Å². The van der Waals surface area contributed by atoms with Crippen molar-refractivity contribution in [3.63, 3.8) is 0 Å². The molecule has 0 amide bonds. The Morgan fingerprint density at radius 2 is 1.88 bits per heavy atom. The van der Waals surface area contributed by atoms with Crippen molar-refractivity contribution in [1.29, 1.82) is 5.26 Å². The summed E-state index contributed by atoms with van der Waals surface area (Å²) in [5.41, 5.74) is 5.00. The zero-order valence-electron chi connectivity index (χ0n) is 18.5. The maximum Gasteiger partial charge on any atom is 0.165 e. The molecular formula is C28H25N3O2. The molecule has 0 atom stereocenters. The predicted molar refractivity (Wildman–Crippen MR) is 132 cm³/mol. The Hall–Kier alpha value is -4.30. The van der Waals surface area contributed by atoms with Gasteiger partial charge in [0.05, 0.1) is 23.2 Å². The molecule has 5 heteroatoms. The number of benzene rings is 3. The lowest BCUT2D eigenvalue weighted by molar-refractivity contribution is 0.267. The molecule has 5 nitrogen and oxygen atoms in total. The summed E-state index contributed by atoms with van der Waals surface area (Å²) in [6, 6.07) is 23.9. The predicted octanol–water partition coefficient (Wildman–Crippen LogP) is 6.33. The minimum Gasteiger partial charge on any atom is -0.490 e. The molecule has 3 aromatic carbocycles. The number of nitrogens with zero attached hydrogens (tertiary/aromatic N) is 2. The van der Waals surface area contributed by atoms with Crippen LogP contribution >= 0.6 is 0 Å². The Kier molecular flexibility index (Phi) is 6.87. The highest BCUT2D eigenvalue weighted by Gasteiger charge is 2.15. The second kappa shape index (κ2) is 10.3. The molecule has 4 aromatic rings. The smallest absolute Gasteiger partial charge is 0.165 e. The van der Waals surface area contributed by atoms with Crippen molar-refractivity contribution in [2.45, 2.75) is 20.0 Å². The molecular weight excluding hydrogens is 410 g/mol. The number of para-hydroxylation sites is 2. The standard InChI is InChI=1S/C28H25N3O2/c1-3-10-22-15-21(16-23(18-29)28-30-24-13-8-9-14-25(24)31-28)17-26(32-4-2)27(22)33-19-20-11-6-5-7-12-20/h3,5-9,11-17H,1,4,10,19H2,2H3,(H,30,31)/b23-16+. The van der Waals surface area contributed by atoms with E-state index in [0.29, 0.717) is 42.5 Å². The largest absolute Gasteiger partial charge is 0.490 e. The molecule has 0 bridgehead atoms. The summed E-state index contributed by atoms with van der Waals surface area (Å²) in [4.78, 5) is 7.78. The molecule has 0 aliphatic carbocycles. The lowest BCUT2D eigenvalue weighted by Gasteiger charge is -2.17. The normalized spacial score (nSPS) is 11.2. The van der Waals surface area contributed by atoms with Crippen LogP contribution in [0.4, 0.5) is 0 Å². The zero-order valence-corrected chi connectivity index (χ0v) is 18.5. The number of fused-ring (bicyclic) bond motifs is 1. The van der Waals surface area contributed by atoms with Gasteiger partial charge in [-0.15, -0.1) is 6.58 Å². The molecule has 0 fully saturated rings. The summed E-state index contributed by atoms with van der Waals surface area (Å²) in [5.74, 6) is 1.87. The van der Waals surface area contributed by atoms with E-state index in [1.165, 1.54) is 0 Å². The lowest BCUT2D eigenvalue weighted by atomic mass is 10.0. The monoisotopic (exact) mass is 435 g/mol. The number of rotatable bonds is 9. The maximum atomic E-state index is 9.83. The minimum absolute atomic E-state index is 0.433. The van der Waals surface area contributed by atoms with Crippen molar-refractivity contribution in [1.82, 2.24) is 9.97 Å². The molecule has 1 heterocycles. The first-order valence-corrected chi connectivity index (χ1v) is 10.9. The van der Waals surface area contributed by atoms with Crippen molar-refractivity contribution in [2.24, 2.45) is 0 Å². The lowest BCUT2D eigenvalue weighted by Crippen LogP contribution is -2.03. The molecule has 0 saturated heterocycles. The number of imidazole rings is 1. The molecule has 1 aromatic heterocycles. The fraction of sp³-hybridized carbons (Fsp3) is 0.143. The van der Waals surface area contributed by atoms with Crippen LogP contribution in [0.25, 0.3) is 22.7 Å². The van der Waals surface area contributed by atoms with E-state index in [0.717, 1.165) is 27.7 Å². The Morgan fingerprint density at radius 3 is 2.61 bits per heavy atom. The molecule has 0 saturated carbocycles. The van der Waals surface area contributed by atoms with Crippen LogP contribution in [0.1, 0.15) is 29.4 Å². The van der Waals surface area contributed by atoms with Gasteiger partial charge in [0, 0.05) is 5.56 Å². The summed E-state index contributed by atoms with van der Waals surface area (Å²) < 4.78 is 12.1. The number of hydrogen-bond donors (Lipinski definition) is 1. The molecule has 0 aliphatic heterocycles. The molecule has 0 aliphatic rings. The number of H-pyrrole nitrogens is 1. The molecule has 0 unspecified atom stereocenters. The van der Waals surface area contributed by atoms with Gasteiger partial charge in [-0.2, -0.15) is 5.26 Å². The average Bonchev–Trinajstić information content (AvgIpc) is 3.27. The van der Waals surface area contributed by atoms with Gasteiger partial charge in [-0.1, -0.05) is 48.5 Å².